The van der Waals surface area contributed by atoms with E-state index in [0.717, 1.165) is 22.6 Å². The number of methoxy groups -OCH3 is 2. The van der Waals surface area contributed by atoms with E-state index in [9.17, 15) is 4.79 Å². The number of rotatable bonds is 7. The maximum atomic E-state index is 11.8. The SMILES string of the molecule is COc1ccc(OC)c(CCNC(=O)NCc2ccccc2)c1. The molecular formula is C18H22N2O3. The van der Waals surface area contributed by atoms with E-state index in [4.69, 9.17) is 9.47 Å². The summed E-state index contributed by atoms with van der Waals surface area (Å²) in [6, 6.07) is 15.2. The Hall–Kier alpha value is -2.69. The molecule has 5 heteroatoms. The maximum Gasteiger partial charge on any atom is 0.315 e. The van der Waals surface area contributed by atoms with Gasteiger partial charge in [-0.05, 0) is 35.7 Å². The average Bonchev–Trinajstić information content (AvgIpc) is 2.60. The van der Waals surface area contributed by atoms with Gasteiger partial charge >= 0.3 is 6.03 Å². The summed E-state index contributed by atoms with van der Waals surface area (Å²) in [5.41, 5.74) is 2.06. The Morgan fingerprint density at radius 1 is 1.00 bits per heavy atom. The molecule has 0 saturated heterocycles. The average molecular weight is 314 g/mol. The Morgan fingerprint density at radius 3 is 2.48 bits per heavy atom. The summed E-state index contributed by atoms with van der Waals surface area (Å²) in [5, 5.41) is 5.67. The molecule has 0 heterocycles. The summed E-state index contributed by atoms with van der Waals surface area (Å²) in [7, 11) is 3.26. The number of hydrogen-bond donors (Lipinski definition) is 2. The molecule has 0 unspecified atom stereocenters. The van der Waals surface area contributed by atoms with Gasteiger partial charge in [-0.25, -0.2) is 4.79 Å². The molecule has 2 N–H and O–H groups in total. The predicted octanol–water partition coefficient (Wildman–Crippen LogP) is 2.75. The number of ether oxygens (including phenoxy) is 2. The lowest BCUT2D eigenvalue weighted by atomic mass is 10.1. The van der Waals surface area contributed by atoms with Crippen molar-refractivity contribution in [1.82, 2.24) is 10.6 Å². The minimum absolute atomic E-state index is 0.185. The van der Waals surface area contributed by atoms with Crippen LogP contribution < -0.4 is 20.1 Å². The Labute approximate surface area is 136 Å². The summed E-state index contributed by atoms with van der Waals surface area (Å²) in [6.07, 6.45) is 0.666. The minimum Gasteiger partial charge on any atom is -0.497 e. The second-order valence-corrected chi connectivity index (χ2v) is 5.02. The Morgan fingerprint density at radius 2 is 1.78 bits per heavy atom. The third kappa shape index (κ3) is 5.21. The normalized spacial score (nSPS) is 10.0. The van der Waals surface area contributed by atoms with Gasteiger partial charge in [-0.3, -0.25) is 0 Å². The molecule has 23 heavy (non-hydrogen) atoms. The molecule has 0 bridgehead atoms. The van der Waals surface area contributed by atoms with Crippen molar-refractivity contribution >= 4 is 6.03 Å². The first kappa shape index (κ1) is 16.7. The monoisotopic (exact) mass is 314 g/mol. The highest BCUT2D eigenvalue weighted by Crippen LogP contribution is 2.24. The van der Waals surface area contributed by atoms with Crippen molar-refractivity contribution in [2.45, 2.75) is 13.0 Å². The third-order valence-corrected chi connectivity index (χ3v) is 3.46. The van der Waals surface area contributed by atoms with Crippen LogP contribution in [0.3, 0.4) is 0 Å². The number of carbonyl (C=O) groups is 1. The number of amides is 2. The molecular weight excluding hydrogens is 292 g/mol. The molecule has 0 radical (unpaired) electrons. The largest absolute Gasteiger partial charge is 0.497 e. The number of carbonyl (C=O) groups excluding carboxylic acids is 1. The first-order valence-electron chi connectivity index (χ1n) is 7.49. The standard InChI is InChI=1S/C18H22N2O3/c1-22-16-8-9-17(23-2)15(12-16)10-11-19-18(21)20-13-14-6-4-3-5-7-14/h3-9,12H,10-11,13H2,1-2H3,(H2,19,20,21). The van der Waals surface area contributed by atoms with Gasteiger partial charge in [0.2, 0.25) is 0 Å². The van der Waals surface area contributed by atoms with Crippen LogP contribution in [0, 0.1) is 0 Å². The van der Waals surface area contributed by atoms with E-state index < -0.39 is 0 Å². The number of urea groups is 1. The van der Waals surface area contributed by atoms with E-state index in [1.165, 1.54) is 0 Å². The van der Waals surface area contributed by atoms with Crippen molar-refractivity contribution in [3.8, 4) is 11.5 Å². The fourth-order valence-electron chi connectivity index (χ4n) is 2.23. The number of benzene rings is 2. The minimum atomic E-state index is -0.185. The van der Waals surface area contributed by atoms with Crippen LogP contribution in [0.25, 0.3) is 0 Å². The zero-order valence-corrected chi connectivity index (χ0v) is 13.5. The highest BCUT2D eigenvalue weighted by atomic mass is 16.5. The van der Waals surface area contributed by atoms with E-state index in [1.54, 1.807) is 14.2 Å². The van der Waals surface area contributed by atoms with Crippen LogP contribution in [0.15, 0.2) is 48.5 Å². The number of hydrogen-bond acceptors (Lipinski definition) is 3. The smallest absolute Gasteiger partial charge is 0.315 e. The molecule has 0 spiro atoms. The Balaban J connectivity index is 1.79. The highest BCUT2D eigenvalue weighted by molar-refractivity contribution is 5.73. The van der Waals surface area contributed by atoms with Crippen molar-refractivity contribution in [3.63, 3.8) is 0 Å². The van der Waals surface area contributed by atoms with Crippen LogP contribution in [0.4, 0.5) is 4.79 Å². The highest BCUT2D eigenvalue weighted by Gasteiger charge is 2.06. The molecule has 2 amide bonds. The van der Waals surface area contributed by atoms with Gasteiger partial charge in [0, 0.05) is 13.1 Å². The lowest BCUT2D eigenvalue weighted by Crippen LogP contribution is -2.36. The molecule has 2 aromatic carbocycles. The fraction of sp³-hybridized carbons (Fsp3) is 0.278. The molecule has 0 atom stereocenters. The zero-order chi connectivity index (χ0) is 16.5. The molecule has 2 aromatic rings. The van der Waals surface area contributed by atoms with E-state index in [-0.39, 0.29) is 6.03 Å². The summed E-state index contributed by atoms with van der Waals surface area (Å²) in [5.74, 6) is 1.56. The fourth-order valence-corrected chi connectivity index (χ4v) is 2.23. The Kier molecular flexibility index (Phi) is 6.29. The molecule has 0 aliphatic heterocycles. The maximum absolute atomic E-state index is 11.8. The van der Waals surface area contributed by atoms with E-state index in [1.807, 2.05) is 48.5 Å². The van der Waals surface area contributed by atoms with Gasteiger partial charge in [0.05, 0.1) is 14.2 Å². The topological polar surface area (TPSA) is 59.6 Å². The second-order valence-electron chi connectivity index (χ2n) is 5.02. The van der Waals surface area contributed by atoms with E-state index in [0.29, 0.717) is 19.5 Å². The van der Waals surface area contributed by atoms with Crippen molar-refractivity contribution in [1.29, 1.82) is 0 Å². The molecule has 5 nitrogen and oxygen atoms in total. The summed E-state index contributed by atoms with van der Waals surface area (Å²) < 4.78 is 10.5. The predicted molar refractivity (Wildman–Crippen MR) is 89.9 cm³/mol. The van der Waals surface area contributed by atoms with Crippen LogP contribution in [0.2, 0.25) is 0 Å². The lowest BCUT2D eigenvalue weighted by molar-refractivity contribution is 0.240. The molecule has 122 valence electrons. The molecule has 0 aliphatic carbocycles. The van der Waals surface area contributed by atoms with Crippen LogP contribution in [0.5, 0.6) is 11.5 Å². The summed E-state index contributed by atoms with van der Waals surface area (Å²) in [6.45, 7) is 1.03. The number of nitrogens with one attached hydrogen (secondary N) is 2. The first-order valence-corrected chi connectivity index (χ1v) is 7.49. The molecule has 2 rings (SSSR count). The lowest BCUT2D eigenvalue weighted by Gasteiger charge is -2.11. The van der Waals surface area contributed by atoms with Gasteiger partial charge in [0.1, 0.15) is 11.5 Å². The van der Waals surface area contributed by atoms with Gasteiger partial charge in [-0.15, -0.1) is 0 Å². The van der Waals surface area contributed by atoms with Crippen LogP contribution in [0.1, 0.15) is 11.1 Å². The summed E-state index contributed by atoms with van der Waals surface area (Å²) >= 11 is 0. The van der Waals surface area contributed by atoms with Crippen molar-refractivity contribution < 1.29 is 14.3 Å². The van der Waals surface area contributed by atoms with Crippen LogP contribution in [-0.2, 0) is 13.0 Å². The van der Waals surface area contributed by atoms with Gasteiger partial charge in [0.25, 0.3) is 0 Å². The molecule has 0 saturated carbocycles. The molecule has 0 fully saturated rings. The Bertz CT molecular complexity index is 629. The second kappa shape index (κ2) is 8.68. The first-order chi connectivity index (χ1) is 11.2. The molecule has 0 aliphatic rings. The van der Waals surface area contributed by atoms with Crippen molar-refractivity contribution in [2.75, 3.05) is 20.8 Å². The van der Waals surface area contributed by atoms with Crippen molar-refractivity contribution in [3.05, 3.63) is 59.7 Å². The zero-order valence-electron chi connectivity index (χ0n) is 13.5. The van der Waals surface area contributed by atoms with Crippen LogP contribution >= 0.6 is 0 Å². The van der Waals surface area contributed by atoms with Gasteiger partial charge in [-0.1, -0.05) is 30.3 Å². The van der Waals surface area contributed by atoms with E-state index in [2.05, 4.69) is 10.6 Å². The van der Waals surface area contributed by atoms with Gasteiger partial charge < -0.3 is 20.1 Å². The molecule has 0 aromatic heterocycles. The third-order valence-electron chi connectivity index (χ3n) is 3.46. The van der Waals surface area contributed by atoms with Crippen molar-refractivity contribution in [2.24, 2.45) is 0 Å². The van der Waals surface area contributed by atoms with Gasteiger partial charge in [0.15, 0.2) is 0 Å². The summed E-state index contributed by atoms with van der Waals surface area (Å²) in [4.78, 5) is 11.8. The van der Waals surface area contributed by atoms with Gasteiger partial charge in [-0.2, -0.15) is 0 Å². The quantitative estimate of drug-likeness (QED) is 0.826. The van der Waals surface area contributed by atoms with Crippen LogP contribution in [-0.4, -0.2) is 26.8 Å². The van der Waals surface area contributed by atoms with E-state index >= 15 is 0 Å².